The highest BCUT2D eigenvalue weighted by atomic mass is 16.4. The summed E-state index contributed by atoms with van der Waals surface area (Å²) in [5, 5.41) is 12.0. The molecule has 102 valence electrons. The SMILES string of the molecule is CC(=O)Nc1ccc(-c2cccc(C)c2C(=O)O)cc1. The predicted octanol–water partition coefficient (Wildman–Crippen LogP) is 3.32. The number of aryl methyl sites for hydroxylation is 1. The number of aromatic carboxylic acids is 1. The molecule has 2 N–H and O–H groups in total. The molecule has 0 spiro atoms. The molecule has 0 fully saturated rings. The van der Waals surface area contributed by atoms with Gasteiger partial charge in [0, 0.05) is 12.6 Å². The van der Waals surface area contributed by atoms with Crippen molar-refractivity contribution in [3.63, 3.8) is 0 Å². The van der Waals surface area contributed by atoms with E-state index < -0.39 is 5.97 Å². The summed E-state index contributed by atoms with van der Waals surface area (Å²) in [4.78, 5) is 22.3. The van der Waals surface area contributed by atoms with Gasteiger partial charge < -0.3 is 10.4 Å². The van der Waals surface area contributed by atoms with Crippen LogP contribution < -0.4 is 5.32 Å². The second kappa shape index (κ2) is 5.57. The molecule has 0 heterocycles. The van der Waals surface area contributed by atoms with Gasteiger partial charge >= 0.3 is 5.97 Å². The molecule has 20 heavy (non-hydrogen) atoms. The van der Waals surface area contributed by atoms with Gasteiger partial charge in [0.2, 0.25) is 5.91 Å². The molecule has 0 aliphatic rings. The van der Waals surface area contributed by atoms with Gasteiger partial charge in [-0.25, -0.2) is 4.79 Å². The number of rotatable bonds is 3. The molecular weight excluding hydrogens is 254 g/mol. The Morgan fingerprint density at radius 1 is 1.05 bits per heavy atom. The van der Waals surface area contributed by atoms with Gasteiger partial charge in [0.05, 0.1) is 5.56 Å². The Hall–Kier alpha value is -2.62. The third-order valence-corrected chi connectivity index (χ3v) is 3.00. The van der Waals surface area contributed by atoms with Crippen molar-refractivity contribution in [1.29, 1.82) is 0 Å². The lowest BCUT2D eigenvalue weighted by molar-refractivity contribution is -0.114. The zero-order valence-corrected chi connectivity index (χ0v) is 11.3. The molecule has 2 aromatic carbocycles. The van der Waals surface area contributed by atoms with Crippen LogP contribution in [0.1, 0.15) is 22.8 Å². The molecule has 0 unspecified atom stereocenters. The van der Waals surface area contributed by atoms with E-state index in [-0.39, 0.29) is 5.91 Å². The number of nitrogens with one attached hydrogen (secondary N) is 1. The maximum atomic E-state index is 11.4. The molecule has 0 aromatic heterocycles. The summed E-state index contributed by atoms with van der Waals surface area (Å²) in [6.07, 6.45) is 0. The fourth-order valence-electron chi connectivity index (χ4n) is 2.13. The van der Waals surface area contributed by atoms with Crippen LogP contribution in [0.3, 0.4) is 0 Å². The Morgan fingerprint density at radius 3 is 2.25 bits per heavy atom. The molecular formula is C16H15NO3. The van der Waals surface area contributed by atoms with Crippen molar-refractivity contribution in [3.8, 4) is 11.1 Å². The van der Waals surface area contributed by atoms with E-state index in [4.69, 9.17) is 0 Å². The van der Waals surface area contributed by atoms with Crippen molar-refractivity contribution in [2.75, 3.05) is 5.32 Å². The van der Waals surface area contributed by atoms with E-state index in [1.54, 1.807) is 43.3 Å². The van der Waals surface area contributed by atoms with Crippen LogP contribution in [0.2, 0.25) is 0 Å². The van der Waals surface area contributed by atoms with Crippen molar-refractivity contribution < 1.29 is 14.7 Å². The summed E-state index contributed by atoms with van der Waals surface area (Å²) in [6.45, 7) is 3.22. The fourth-order valence-corrected chi connectivity index (χ4v) is 2.13. The first kappa shape index (κ1) is 13.8. The Kier molecular flexibility index (Phi) is 3.84. The first-order valence-corrected chi connectivity index (χ1v) is 6.20. The highest BCUT2D eigenvalue weighted by molar-refractivity contribution is 5.97. The molecule has 2 aromatic rings. The van der Waals surface area contributed by atoms with E-state index in [2.05, 4.69) is 5.32 Å². The molecule has 0 aliphatic heterocycles. The summed E-state index contributed by atoms with van der Waals surface area (Å²) >= 11 is 0. The monoisotopic (exact) mass is 269 g/mol. The predicted molar refractivity (Wildman–Crippen MR) is 77.9 cm³/mol. The highest BCUT2D eigenvalue weighted by Gasteiger charge is 2.14. The molecule has 0 saturated carbocycles. The van der Waals surface area contributed by atoms with Gasteiger partial charge in [-0.2, -0.15) is 0 Å². The van der Waals surface area contributed by atoms with Crippen LogP contribution in [0, 0.1) is 6.92 Å². The van der Waals surface area contributed by atoms with Gasteiger partial charge in [0.25, 0.3) is 0 Å². The van der Waals surface area contributed by atoms with Crippen LogP contribution in [0.25, 0.3) is 11.1 Å². The minimum Gasteiger partial charge on any atom is -0.478 e. The molecule has 0 atom stereocenters. The number of carbonyl (C=O) groups excluding carboxylic acids is 1. The number of carbonyl (C=O) groups is 2. The van der Waals surface area contributed by atoms with Crippen LogP contribution >= 0.6 is 0 Å². The highest BCUT2D eigenvalue weighted by Crippen LogP contribution is 2.27. The minimum atomic E-state index is -0.941. The van der Waals surface area contributed by atoms with Crippen LogP contribution in [-0.2, 0) is 4.79 Å². The first-order chi connectivity index (χ1) is 9.49. The smallest absolute Gasteiger partial charge is 0.336 e. The summed E-state index contributed by atoms with van der Waals surface area (Å²) in [6, 6.07) is 12.5. The first-order valence-electron chi connectivity index (χ1n) is 6.20. The minimum absolute atomic E-state index is 0.139. The molecule has 4 nitrogen and oxygen atoms in total. The lowest BCUT2D eigenvalue weighted by Gasteiger charge is -2.10. The van der Waals surface area contributed by atoms with Gasteiger partial charge in [-0.3, -0.25) is 4.79 Å². The number of hydrogen-bond donors (Lipinski definition) is 2. The van der Waals surface area contributed by atoms with Crippen molar-refractivity contribution in [3.05, 3.63) is 53.6 Å². The standard InChI is InChI=1S/C16H15NO3/c1-10-4-3-5-14(15(10)16(19)20)12-6-8-13(9-7-12)17-11(2)18/h3-9H,1-2H3,(H,17,18)(H,19,20). The molecule has 0 bridgehead atoms. The second-order valence-corrected chi connectivity index (χ2v) is 4.56. The molecule has 4 heteroatoms. The average Bonchev–Trinajstić information content (AvgIpc) is 2.38. The maximum absolute atomic E-state index is 11.4. The van der Waals surface area contributed by atoms with E-state index >= 15 is 0 Å². The normalized spacial score (nSPS) is 10.1. The number of hydrogen-bond acceptors (Lipinski definition) is 2. The fraction of sp³-hybridized carbons (Fsp3) is 0.125. The second-order valence-electron chi connectivity index (χ2n) is 4.56. The Morgan fingerprint density at radius 2 is 1.70 bits per heavy atom. The van der Waals surface area contributed by atoms with Crippen molar-refractivity contribution in [2.24, 2.45) is 0 Å². The largest absolute Gasteiger partial charge is 0.478 e. The number of amides is 1. The van der Waals surface area contributed by atoms with Crippen LogP contribution in [0.15, 0.2) is 42.5 Å². The zero-order valence-electron chi connectivity index (χ0n) is 11.3. The van der Waals surface area contributed by atoms with Gasteiger partial charge in [-0.1, -0.05) is 30.3 Å². The molecule has 2 rings (SSSR count). The number of carboxylic acids is 1. The van der Waals surface area contributed by atoms with Gasteiger partial charge in [-0.05, 0) is 35.7 Å². The summed E-state index contributed by atoms with van der Waals surface area (Å²) in [5.74, 6) is -1.08. The quantitative estimate of drug-likeness (QED) is 0.898. The molecule has 0 aliphatic carbocycles. The van der Waals surface area contributed by atoms with Crippen LogP contribution in [0.5, 0.6) is 0 Å². The molecule has 0 radical (unpaired) electrons. The van der Waals surface area contributed by atoms with E-state index in [1.165, 1.54) is 6.92 Å². The van der Waals surface area contributed by atoms with Crippen molar-refractivity contribution >= 4 is 17.6 Å². The summed E-state index contributed by atoms with van der Waals surface area (Å²) in [7, 11) is 0. The van der Waals surface area contributed by atoms with Gasteiger partial charge in [-0.15, -0.1) is 0 Å². The number of carboxylic acid groups (broad SMARTS) is 1. The molecule has 1 amide bonds. The lowest BCUT2D eigenvalue weighted by atomic mass is 9.96. The lowest BCUT2D eigenvalue weighted by Crippen LogP contribution is -2.05. The van der Waals surface area contributed by atoms with E-state index in [0.29, 0.717) is 16.8 Å². The Labute approximate surface area is 117 Å². The zero-order chi connectivity index (χ0) is 14.7. The number of anilines is 1. The van der Waals surface area contributed by atoms with Crippen LogP contribution in [-0.4, -0.2) is 17.0 Å². The van der Waals surface area contributed by atoms with Gasteiger partial charge in [0.1, 0.15) is 0 Å². The van der Waals surface area contributed by atoms with Gasteiger partial charge in [0.15, 0.2) is 0 Å². The van der Waals surface area contributed by atoms with Crippen molar-refractivity contribution in [1.82, 2.24) is 0 Å². The maximum Gasteiger partial charge on any atom is 0.336 e. The van der Waals surface area contributed by atoms with Crippen LogP contribution in [0.4, 0.5) is 5.69 Å². The number of benzene rings is 2. The summed E-state index contributed by atoms with van der Waals surface area (Å²) in [5.41, 5.74) is 3.19. The topological polar surface area (TPSA) is 66.4 Å². The van der Waals surface area contributed by atoms with E-state index in [0.717, 1.165) is 11.1 Å². The van der Waals surface area contributed by atoms with E-state index in [1.807, 2.05) is 6.07 Å². The Bertz CT molecular complexity index is 660. The Balaban J connectivity index is 2.44. The summed E-state index contributed by atoms with van der Waals surface area (Å²) < 4.78 is 0. The van der Waals surface area contributed by atoms with Crippen molar-refractivity contribution in [2.45, 2.75) is 13.8 Å². The third-order valence-electron chi connectivity index (χ3n) is 3.00. The third kappa shape index (κ3) is 2.85. The average molecular weight is 269 g/mol. The molecule has 0 saturated heterocycles. The van der Waals surface area contributed by atoms with E-state index in [9.17, 15) is 14.7 Å².